The second-order valence-electron chi connectivity index (χ2n) is 9.62. The fourth-order valence-corrected chi connectivity index (χ4v) is 4.08. The molecule has 1 aliphatic heterocycles. The van der Waals surface area contributed by atoms with Gasteiger partial charge in [0.25, 0.3) is 5.88 Å². The molecule has 1 aromatic carbocycles. The summed E-state index contributed by atoms with van der Waals surface area (Å²) in [4.78, 5) is 39.2. The maximum Gasteiger partial charge on any atom is 0.347 e. The Morgan fingerprint density at radius 2 is 1.97 bits per heavy atom. The first-order valence-electron chi connectivity index (χ1n) is 12.9. The van der Waals surface area contributed by atoms with E-state index in [9.17, 15) is 14.7 Å². The number of benzene rings is 1. The van der Waals surface area contributed by atoms with Gasteiger partial charge in [-0.1, -0.05) is 12.1 Å². The fourth-order valence-electron chi connectivity index (χ4n) is 4.08. The van der Waals surface area contributed by atoms with E-state index in [-0.39, 0.29) is 18.4 Å². The van der Waals surface area contributed by atoms with Gasteiger partial charge in [-0.25, -0.2) is 14.8 Å². The summed E-state index contributed by atoms with van der Waals surface area (Å²) >= 11 is 0. The number of rotatable bonds is 11. The van der Waals surface area contributed by atoms with Crippen LogP contribution in [0.3, 0.4) is 0 Å². The topological polar surface area (TPSA) is 136 Å². The molecule has 2 N–H and O–H groups in total. The van der Waals surface area contributed by atoms with Crippen molar-refractivity contribution in [1.82, 2.24) is 15.0 Å². The first-order valence-corrected chi connectivity index (χ1v) is 12.9. The summed E-state index contributed by atoms with van der Waals surface area (Å²) in [6, 6.07) is 10.4. The van der Waals surface area contributed by atoms with E-state index in [1.165, 1.54) is 20.0 Å². The van der Waals surface area contributed by atoms with E-state index in [1.807, 2.05) is 19.1 Å². The van der Waals surface area contributed by atoms with Crippen LogP contribution in [0, 0.1) is 0 Å². The number of hydrogen-bond acceptors (Lipinski definition) is 9. The molecule has 3 aromatic rings. The lowest BCUT2D eigenvalue weighted by Gasteiger charge is -2.33. The van der Waals surface area contributed by atoms with E-state index < -0.39 is 11.6 Å². The van der Waals surface area contributed by atoms with Crippen molar-refractivity contribution in [1.29, 1.82) is 0 Å². The van der Waals surface area contributed by atoms with Crippen LogP contribution in [0.4, 0.5) is 11.6 Å². The number of aromatic nitrogens is 3. The van der Waals surface area contributed by atoms with Crippen LogP contribution in [0.15, 0.2) is 55.0 Å². The molecule has 1 atom stereocenters. The van der Waals surface area contributed by atoms with E-state index in [4.69, 9.17) is 14.2 Å². The van der Waals surface area contributed by atoms with Crippen molar-refractivity contribution >= 4 is 23.5 Å². The van der Waals surface area contributed by atoms with Gasteiger partial charge in [-0.15, -0.1) is 0 Å². The van der Waals surface area contributed by atoms with E-state index in [1.54, 1.807) is 36.7 Å². The van der Waals surface area contributed by atoms with Crippen molar-refractivity contribution < 1.29 is 28.9 Å². The third kappa shape index (κ3) is 7.56. The van der Waals surface area contributed by atoms with E-state index in [0.717, 1.165) is 24.9 Å². The van der Waals surface area contributed by atoms with Gasteiger partial charge in [0.1, 0.15) is 17.7 Å². The lowest BCUT2D eigenvalue weighted by Crippen LogP contribution is -2.41. The molecule has 4 rings (SSSR count). The molecule has 11 nitrogen and oxygen atoms in total. The monoisotopic (exact) mass is 535 g/mol. The van der Waals surface area contributed by atoms with Crippen LogP contribution in [0.2, 0.25) is 0 Å². The second kappa shape index (κ2) is 12.4. The Hall–Kier alpha value is -4.41. The van der Waals surface area contributed by atoms with Crippen LogP contribution in [0.5, 0.6) is 17.4 Å². The Bertz CT molecular complexity index is 1280. The molecule has 1 saturated heterocycles. The number of hydrogen-bond donors (Lipinski definition) is 2. The zero-order valence-electron chi connectivity index (χ0n) is 22.3. The number of ether oxygens (including phenoxy) is 3. The highest BCUT2D eigenvalue weighted by atomic mass is 16.5. The molecule has 0 unspecified atom stereocenters. The molecule has 0 saturated carbocycles. The highest BCUT2D eigenvalue weighted by Gasteiger charge is 2.29. The summed E-state index contributed by atoms with van der Waals surface area (Å²) in [6.45, 7) is 6.78. The van der Waals surface area contributed by atoms with Crippen LogP contribution in [-0.4, -0.2) is 63.3 Å². The predicted molar refractivity (Wildman–Crippen MR) is 144 cm³/mol. The second-order valence-corrected chi connectivity index (χ2v) is 9.62. The third-order valence-corrected chi connectivity index (χ3v) is 6.08. The molecule has 3 heterocycles. The number of aliphatic carboxylic acids is 1. The molecule has 1 fully saturated rings. The van der Waals surface area contributed by atoms with Crippen molar-refractivity contribution in [3.63, 3.8) is 0 Å². The Labute approximate surface area is 227 Å². The smallest absolute Gasteiger partial charge is 0.347 e. The lowest BCUT2D eigenvalue weighted by molar-refractivity contribution is -0.152. The van der Waals surface area contributed by atoms with Crippen LogP contribution in [0.1, 0.15) is 39.2 Å². The van der Waals surface area contributed by atoms with Crippen molar-refractivity contribution in [2.75, 3.05) is 29.9 Å². The number of anilines is 2. The summed E-state index contributed by atoms with van der Waals surface area (Å²) in [6.07, 6.45) is 6.65. The number of piperidine rings is 1. The number of pyridine rings is 1. The highest BCUT2D eigenvalue weighted by Crippen LogP contribution is 2.28. The van der Waals surface area contributed by atoms with Gasteiger partial charge in [0.15, 0.2) is 17.2 Å². The van der Waals surface area contributed by atoms with Gasteiger partial charge in [-0.2, -0.15) is 0 Å². The lowest BCUT2D eigenvalue weighted by atomic mass is 10.1. The molecule has 0 spiro atoms. The predicted octanol–water partition coefficient (Wildman–Crippen LogP) is 3.74. The van der Waals surface area contributed by atoms with Crippen LogP contribution < -0.4 is 24.4 Å². The summed E-state index contributed by atoms with van der Waals surface area (Å²) < 4.78 is 17.3. The normalized spacial score (nSPS) is 15.4. The number of carbonyl (C=O) groups excluding carboxylic acids is 1. The third-order valence-electron chi connectivity index (χ3n) is 6.08. The Morgan fingerprint density at radius 3 is 2.72 bits per heavy atom. The van der Waals surface area contributed by atoms with Gasteiger partial charge in [0, 0.05) is 12.7 Å². The van der Waals surface area contributed by atoms with Gasteiger partial charge < -0.3 is 29.5 Å². The minimum atomic E-state index is -1.35. The molecule has 2 aromatic heterocycles. The Morgan fingerprint density at radius 1 is 1.18 bits per heavy atom. The van der Waals surface area contributed by atoms with Crippen molar-refractivity contribution in [3.05, 3.63) is 60.6 Å². The van der Waals surface area contributed by atoms with Crippen molar-refractivity contribution in [3.8, 4) is 17.4 Å². The van der Waals surface area contributed by atoms with Gasteiger partial charge in [-0.3, -0.25) is 9.78 Å². The quantitative estimate of drug-likeness (QED) is 0.374. The van der Waals surface area contributed by atoms with E-state index >= 15 is 0 Å². The van der Waals surface area contributed by atoms with Gasteiger partial charge in [-0.05, 0) is 63.4 Å². The molecular formula is C28H33N5O6. The minimum absolute atomic E-state index is 0.0964. The molecule has 0 aliphatic carbocycles. The molecular weight excluding hydrogens is 502 g/mol. The maximum absolute atomic E-state index is 12.7. The average Bonchev–Trinajstić information content (AvgIpc) is 2.91. The largest absolute Gasteiger partial charge is 0.488 e. The average molecular weight is 536 g/mol. The number of nitrogens with zero attached hydrogens (tertiary/aromatic N) is 4. The highest BCUT2D eigenvalue weighted by molar-refractivity contribution is 5.91. The van der Waals surface area contributed by atoms with Gasteiger partial charge >= 0.3 is 5.97 Å². The summed E-state index contributed by atoms with van der Waals surface area (Å²) in [5.74, 6) is 1.19. The number of carboxylic acid groups (broad SMARTS) is 1. The van der Waals surface area contributed by atoms with Crippen molar-refractivity contribution in [2.24, 2.45) is 0 Å². The molecule has 11 heteroatoms. The minimum Gasteiger partial charge on any atom is -0.488 e. The maximum atomic E-state index is 12.7. The van der Waals surface area contributed by atoms with Crippen LogP contribution >= 0.6 is 0 Å². The molecule has 0 radical (unpaired) electrons. The molecule has 1 aliphatic rings. The molecule has 39 heavy (non-hydrogen) atoms. The van der Waals surface area contributed by atoms with Crippen molar-refractivity contribution in [2.45, 2.75) is 51.7 Å². The number of amides is 1. The van der Waals surface area contributed by atoms with E-state index in [2.05, 4.69) is 25.2 Å². The molecule has 1 amide bonds. The van der Waals surface area contributed by atoms with Crippen LogP contribution in [0.25, 0.3) is 0 Å². The zero-order valence-corrected chi connectivity index (χ0v) is 22.3. The zero-order chi connectivity index (χ0) is 27.8. The standard InChI is InChI=1S/C28H33N5O6/c1-4-37-22-8-5-13-30-26(22)38-21-7-6-14-33(18-21)24-17-29-16-23(31-24)32-25(34)15-19-9-11-20(12-10-19)39-28(2,3)27(35)36/h5,8-13,16-17,21H,4,6-7,14-15,18H2,1-3H3,(H,35,36)(H,31,32,34)/t21-/m1/s1. The Kier molecular flexibility index (Phi) is 8.80. The van der Waals surface area contributed by atoms with Crippen LogP contribution in [-0.2, 0) is 16.0 Å². The van der Waals surface area contributed by atoms with Gasteiger partial charge in [0.05, 0.1) is 32.0 Å². The molecule has 0 bridgehead atoms. The SMILES string of the molecule is CCOc1cccnc1O[C@@H]1CCCN(c2cncc(NC(=O)Cc3ccc(OC(C)(C)C(=O)O)cc3)n2)C1. The number of nitrogens with one attached hydrogen (secondary N) is 1. The fraction of sp³-hybridized carbons (Fsp3) is 0.393. The summed E-state index contributed by atoms with van der Waals surface area (Å²) in [7, 11) is 0. The molecule has 206 valence electrons. The number of carboxylic acids is 1. The first kappa shape index (κ1) is 27.6. The summed E-state index contributed by atoms with van der Waals surface area (Å²) in [5, 5.41) is 12.0. The first-order chi connectivity index (χ1) is 18.7. The summed E-state index contributed by atoms with van der Waals surface area (Å²) in [5.41, 5.74) is -0.609. The van der Waals surface area contributed by atoms with E-state index in [0.29, 0.717) is 42.2 Å². The Balaban J connectivity index is 1.34. The number of carbonyl (C=O) groups is 2. The van der Waals surface area contributed by atoms with Gasteiger partial charge in [0.2, 0.25) is 5.91 Å².